The van der Waals surface area contributed by atoms with E-state index in [1.54, 1.807) is 0 Å². The number of halogens is 2. The summed E-state index contributed by atoms with van der Waals surface area (Å²) in [5, 5.41) is 11.8. The molecule has 0 unspecified atom stereocenters. The number of carbonyl (C=O) groups is 2. The van der Waals surface area contributed by atoms with Gasteiger partial charge in [-0.3, -0.25) is 5.32 Å². The van der Waals surface area contributed by atoms with Crippen LogP contribution in [0.3, 0.4) is 0 Å². The molecule has 3 aromatic rings. The lowest BCUT2D eigenvalue weighted by atomic mass is 9.98. The van der Waals surface area contributed by atoms with Crippen molar-refractivity contribution < 1.29 is 23.8 Å². The largest absolute Gasteiger partial charge is 0.478 e. The summed E-state index contributed by atoms with van der Waals surface area (Å²) in [5.41, 5.74) is 4.26. The molecule has 0 saturated heterocycles. The minimum Gasteiger partial charge on any atom is -0.478 e. The molecular weight excluding hydrogens is 453 g/mol. The number of carboxylic acids is 1. The van der Waals surface area contributed by atoms with Gasteiger partial charge in [0.1, 0.15) is 12.4 Å². The quantitative estimate of drug-likeness (QED) is 0.494. The number of hydrogen-bond donors (Lipinski definition) is 2. The second kappa shape index (κ2) is 7.91. The lowest BCUT2D eigenvalue weighted by molar-refractivity contribution is 0.0697. The van der Waals surface area contributed by atoms with Crippen molar-refractivity contribution >= 4 is 33.7 Å². The van der Waals surface area contributed by atoms with Gasteiger partial charge in [-0.15, -0.1) is 0 Å². The van der Waals surface area contributed by atoms with Crippen LogP contribution in [0.15, 0.2) is 59.1 Å². The van der Waals surface area contributed by atoms with Crippen molar-refractivity contribution in [3.8, 4) is 11.1 Å². The Labute approximate surface area is 180 Å². The first-order chi connectivity index (χ1) is 14.4. The maximum atomic E-state index is 13.9. The van der Waals surface area contributed by atoms with Gasteiger partial charge in [0.15, 0.2) is 0 Å². The Balaban J connectivity index is 1.56. The van der Waals surface area contributed by atoms with E-state index in [1.165, 1.54) is 6.92 Å². The molecule has 1 aliphatic carbocycles. The van der Waals surface area contributed by atoms with Crippen molar-refractivity contribution in [2.75, 3.05) is 11.9 Å². The van der Waals surface area contributed by atoms with Gasteiger partial charge < -0.3 is 9.84 Å². The fourth-order valence-corrected chi connectivity index (χ4v) is 4.13. The molecule has 0 bridgehead atoms. The molecule has 0 aliphatic heterocycles. The highest BCUT2D eigenvalue weighted by molar-refractivity contribution is 9.10. The van der Waals surface area contributed by atoms with E-state index in [0.717, 1.165) is 28.3 Å². The zero-order valence-electron chi connectivity index (χ0n) is 15.9. The molecule has 1 aliphatic rings. The van der Waals surface area contributed by atoms with Crippen LogP contribution in [0.25, 0.3) is 11.1 Å². The maximum absolute atomic E-state index is 13.9. The predicted octanol–water partition coefficient (Wildman–Crippen LogP) is 5.96. The van der Waals surface area contributed by atoms with Crippen molar-refractivity contribution in [3.05, 3.63) is 87.1 Å². The van der Waals surface area contributed by atoms with Crippen LogP contribution in [0.2, 0.25) is 0 Å². The van der Waals surface area contributed by atoms with Gasteiger partial charge in [-0.2, -0.15) is 0 Å². The van der Waals surface area contributed by atoms with E-state index in [-0.39, 0.29) is 33.8 Å². The Hall–Kier alpha value is -3.19. The molecule has 0 atom stereocenters. The second-order valence-corrected chi connectivity index (χ2v) is 7.77. The normalized spacial score (nSPS) is 12.2. The average Bonchev–Trinajstić information content (AvgIpc) is 3.06. The lowest BCUT2D eigenvalue weighted by Crippen LogP contribution is -2.20. The molecule has 0 fully saturated rings. The number of amides is 1. The Morgan fingerprint density at radius 1 is 1.10 bits per heavy atom. The molecule has 7 heteroatoms. The van der Waals surface area contributed by atoms with Crippen LogP contribution in [0.4, 0.5) is 14.9 Å². The first-order valence-electron chi connectivity index (χ1n) is 9.22. The van der Waals surface area contributed by atoms with Crippen LogP contribution in [-0.2, 0) is 4.74 Å². The Kier molecular flexibility index (Phi) is 5.30. The van der Waals surface area contributed by atoms with Gasteiger partial charge >= 0.3 is 12.1 Å². The van der Waals surface area contributed by atoms with E-state index in [9.17, 15) is 19.1 Å². The van der Waals surface area contributed by atoms with Crippen molar-refractivity contribution in [2.45, 2.75) is 12.8 Å². The maximum Gasteiger partial charge on any atom is 0.411 e. The molecule has 3 aromatic carbocycles. The van der Waals surface area contributed by atoms with Crippen LogP contribution in [0.1, 0.15) is 33.0 Å². The zero-order valence-corrected chi connectivity index (χ0v) is 17.5. The van der Waals surface area contributed by atoms with Crippen LogP contribution in [-0.4, -0.2) is 23.8 Å². The number of rotatable bonds is 4. The standard InChI is InChI=1S/C23H17BrFNO4/c1-12-20(24)19(25)10-17(22(27)28)21(12)26-23(29)30-11-18-15-8-4-2-6-13(15)14-7-3-5-9-16(14)18/h2-10,18H,11H2,1H3,(H,26,29)(H,27,28). The second-order valence-electron chi connectivity index (χ2n) is 6.98. The number of nitrogens with one attached hydrogen (secondary N) is 1. The van der Waals surface area contributed by atoms with Gasteiger partial charge in [-0.25, -0.2) is 14.0 Å². The monoisotopic (exact) mass is 469 g/mol. The summed E-state index contributed by atoms with van der Waals surface area (Å²) in [7, 11) is 0. The van der Waals surface area contributed by atoms with Crippen molar-refractivity contribution in [1.29, 1.82) is 0 Å². The minimum absolute atomic E-state index is 0.00648. The van der Waals surface area contributed by atoms with Gasteiger partial charge in [-0.1, -0.05) is 48.5 Å². The molecule has 0 saturated carbocycles. The first-order valence-corrected chi connectivity index (χ1v) is 10.0. The van der Waals surface area contributed by atoms with E-state index in [1.807, 2.05) is 48.5 Å². The topological polar surface area (TPSA) is 75.6 Å². The van der Waals surface area contributed by atoms with Gasteiger partial charge in [0, 0.05) is 5.92 Å². The third-order valence-corrected chi connectivity index (χ3v) is 6.23. The summed E-state index contributed by atoms with van der Waals surface area (Å²) in [6.07, 6.45) is -0.805. The highest BCUT2D eigenvalue weighted by atomic mass is 79.9. The van der Waals surface area contributed by atoms with E-state index in [2.05, 4.69) is 21.2 Å². The van der Waals surface area contributed by atoms with E-state index >= 15 is 0 Å². The van der Waals surface area contributed by atoms with Gasteiger partial charge in [0.25, 0.3) is 0 Å². The third kappa shape index (κ3) is 3.45. The fraction of sp³-hybridized carbons (Fsp3) is 0.130. The molecule has 0 aromatic heterocycles. The Bertz CT molecular complexity index is 1130. The third-order valence-electron chi connectivity index (χ3n) is 5.26. The molecule has 152 valence electrons. The first kappa shape index (κ1) is 20.1. The van der Waals surface area contributed by atoms with E-state index in [4.69, 9.17) is 4.74 Å². The predicted molar refractivity (Wildman–Crippen MR) is 114 cm³/mol. The number of carboxylic acid groups (broad SMARTS) is 1. The van der Waals surface area contributed by atoms with Crippen molar-refractivity contribution in [3.63, 3.8) is 0 Å². The molecular formula is C23H17BrFNO4. The number of aromatic carboxylic acids is 1. The summed E-state index contributed by atoms with van der Waals surface area (Å²) in [4.78, 5) is 24.0. The number of benzene rings is 3. The molecule has 1 amide bonds. The Morgan fingerprint density at radius 3 is 2.23 bits per heavy atom. The molecule has 2 N–H and O–H groups in total. The zero-order chi connectivity index (χ0) is 21.4. The molecule has 0 spiro atoms. The highest BCUT2D eigenvalue weighted by Gasteiger charge is 2.29. The van der Waals surface area contributed by atoms with Crippen LogP contribution < -0.4 is 5.32 Å². The van der Waals surface area contributed by atoms with Gasteiger partial charge in [-0.05, 0) is 56.7 Å². The summed E-state index contributed by atoms with van der Waals surface area (Å²) in [5.74, 6) is -2.19. The lowest BCUT2D eigenvalue weighted by Gasteiger charge is -2.17. The summed E-state index contributed by atoms with van der Waals surface area (Å²) >= 11 is 3.07. The number of anilines is 1. The highest BCUT2D eigenvalue weighted by Crippen LogP contribution is 2.44. The smallest absolute Gasteiger partial charge is 0.411 e. The molecule has 30 heavy (non-hydrogen) atoms. The molecule has 5 nitrogen and oxygen atoms in total. The van der Waals surface area contributed by atoms with Crippen LogP contribution in [0.5, 0.6) is 0 Å². The molecule has 0 heterocycles. The number of fused-ring (bicyclic) bond motifs is 3. The number of hydrogen-bond acceptors (Lipinski definition) is 3. The van der Waals surface area contributed by atoms with E-state index < -0.39 is 17.9 Å². The number of ether oxygens (including phenoxy) is 1. The number of carbonyl (C=O) groups excluding carboxylic acids is 1. The van der Waals surface area contributed by atoms with Crippen LogP contribution in [0, 0.1) is 12.7 Å². The average molecular weight is 470 g/mol. The minimum atomic E-state index is -1.35. The summed E-state index contributed by atoms with van der Waals surface area (Å²) in [6.45, 7) is 1.60. The molecule has 4 rings (SSSR count). The van der Waals surface area contributed by atoms with E-state index in [0.29, 0.717) is 0 Å². The van der Waals surface area contributed by atoms with Gasteiger partial charge in [0.05, 0.1) is 15.7 Å². The van der Waals surface area contributed by atoms with Crippen molar-refractivity contribution in [2.24, 2.45) is 0 Å². The fourth-order valence-electron chi connectivity index (χ4n) is 3.82. The van der Waals surface area contributed by atoms with Gasteiger partial charge in [0.2, 0.25) is 0 Å². The van der Waals surface area contributed by atoms with Crippen molar-refractivity contribution in [1.82, 2.24) is 0 Å². The van der Waals surface area contributed by atoms with Crippen LogP contribution >= 0.6 is 15.9 Å². The SMILES string of the molecule is Cc1c(Br)c(F)cc(C(=O)O)c1NC(=O)OCC1c2ccccc2-c2ccccc21. The Morgan fingerprint density at radius 2 is 1.67 bits per heavy atom. The molecule has 0 radical (unpaired) electrons. The summed E-state index contributed by atoms with van der Waals surface area (Å²) < 4.78 is 19.4. The summed E-state index contributed by atoms with van der Waals surface area (Å²) in [6, 6.07) is 16.8.